The second-order valence-corrected chi connectivity index (χ2v) is 4.48. The highest BCUT2D eigenvalue weighted by Gasteiger charge is 2.62. The molecule has 7 heteroatoms. The first kappa shape index (κ1) is 13.3. The lowest BCUT2D eigenvalue weighted by molar-refractivity contribution is -0.363. The molecule has 100 valence electrons. The van der Waals surface area contributed by atoms with Gasteiger partial charge >= 0.3 is 0 Å². The van der Waals surface area contributed by atoms with Gasteiger partial charge in [-0.25, -0.2) is 0 Å². The lowest BCUT2D eigenvalue weighted by Crippen LogP contribution is -2.57. The number of likely N-dealkylation sites (tertiary alicyclic amines) is 1. The molecule has 2 heterocycles. The Hall–Kier alpha value is -1.09. The summed E-state index contributed by atoms with van der Waals surface area (Å²) in [5.74, 6) is -5.37. The van der Waals surface area contributed by atoms with Gasteiger partial charge in [0.15, 0.2) is 6.23 Å². The quantitative estimate of drug-likeness (QED) is 0.474. The Bertz CT molecular complexity index is 409. The number of β-amino-alcohol motifs (C(OH)–C–C–N with tert-alkyl or cyclic N) is 2. The van der Waals surface area contributed by atoms with Crippen LogP contribution in [0.15, 0.2) is 24.5 Å². The number of likely N-dealkylation sites (N-methyl/N-ethyl adjacent to an activating group) is 1. The third kappa shape index (κ3) is 2.24. The summed E-state index contributed by atoms with van der Waals surface area (Å²) in [5, 5.41) is 38.4. The highest BCUT2D eigenvalue weighted by molar-refractivity contribution is 5.07. The van der Waals surface area contributed by atoms with Crippen molar-refractivity contribution >= 4 is 0 Å². The van der Waals surface area contributed by atoms with E-state index >= 15 is 0 Å². The molecule has 0 bridgehead atoms. The Morgan fingerprint density at radius 1 is 1.44 bits per heavy atom. The topological polar surface area (TPSA) is 106 Å². The van der Waals surface area contributed by atoms with Crippen LogP contribution in [0.25, 0.3) is 0 Å². The summed E-state index contributed by atoms with van der Waals surface area (Å²) in [6, 6.07) is 3.49. The molecule has 1 aliphatic rings. The van der Waals surface area contributed by atoms with Crippen LogP contribution in [0, 0.1) is 0 Å². The van der Waals surface area contributed by atoms with E-state index in [1.165, 1.54) is 11.9 Å². The van der Waals surface area contributed by atoms with Crippen LogP contribution in [-0.2, 0) is 11.3 Å². The number of nitrogens with zero attached hydrogens (tertiary/aromatic N) is 2. The maximum atomic E-state index is 9.70. The van der Waals surface area contributed by atoms with Gasteiger partial charge in [-0.05, 0) is 18.7 Å². The van der Waals surface area contributed by atoms with Gasteiger partial charge in [0, 0.05) is 12.4 Å². The van der Waals surface area contributed by atoms with Gasteiger partial charge in [0.1, 0.15) is 0 Å². The van der Waals surface area contributed by atoms with E-state index in [9.17, 15) is 20.4 Å². The van der Waals surface area contributed by atoms with Crippen LogP contribution in [0.1, 0.15) is 5.56 Å². The first-order valence-corrected chi connectivity index (χ1v) is 5.45. The highest BCUT2D eigenvalue weighted by Crippen LogP contribution is 2.33. The zero-order chi connectivity index (χ0) is 13.4. The number of hydrogen-bond donors (Lipinski definition) is 4. The van der Waals surface area contributed by atoms with Crippen molar-refractivity contribution in [3.8, 4) is 0 Å². The molecular formula is C11H16N2O5. The molecule has 2 rings (SSSR count). The van der Waals surface area contributed by atoms with Crippen molar-refractivity contribution in [2.45, 2.75) is 24.4 Å². The third-order valence-corrected chi connectivity index (χ3v) is 2.93. The Labute approximate surface area is 104 Å². The van der Waals surface area contributed by atoms with Gasteiger partial charge in [-0.1, -0.05) is 6.07 Å². The molecule has 0 amide bonds. The average molecular weight is 256 g/mol. The van der Waals surface area contributed by atoms with Crippen LogP contribution in [0.4, 0.5) is 0 Å². The molecule has 4 N–H and O–H groups in total. The smallest absolute Gasteiger partial charge is 0.261 e. The molecule has 7 nitrogen and oxygen atoms in total. The van der Waals surface area contributed by atoms with E-state index in [-0.39, 0.29) is 13.2 Å². The number of aliphatic hydroxyl groups is 4. The van der Waals surface area contributed by atoms with Crippen molar-refractivity contribution in [3.05, 3.63) is 30.1 Å². The van der Waals surface area contributed by atoms with E-state index in [1.54, 1.807) is 24.5 Å². The summed E-state index contributed by atoms with van der Waals surface area (Å²) in [6.45, 7) is -0.237. The molecular weight excluding hydrogens is 240 g/mol. The van der Waals surface area contributed by atoms with E-state index in [4.69, 9.17) is 4.74 Å². The molecule has 1 saturated heterocycles. The molecule has 1 fully saturated rings. The fourth-order valence-corrected chi connectivity index (χ4v) is 1.95. The maximum Gasteiger partial charge on any atom is 0.261 e. The van der Waals surface area contributed by atoms with E-state index in [2.05, 4.69) is 4.98 Å². The zero-order valence-corrected chi connectivity index (χ0v) is 9.89. The molecule has 0 aliphatic carbocycles. The Balaban J connectivity index is 2.05. The summed E-state index contributed by atoms with van der Waals surface area (Å²) in [4.78, 5) is 5.21. The molecule has 1 aliphatic heterocycles. The monoisotopic (exact) mass is 256 g/mol. The molecule has 0 saturated carbocycles. The molecule has 0 spiro atoms. The summed E-state index contributed by atoms with van der Waals surface area (Å²) in [7, 11) is 1.50. The van der Waals surface area contributed by atoms with Crippen molar-refractivity contribution in [3.63, 3.8) is 0 Å². The minimum atomic E-state index is -2.75. The lowest BCUT2D eigenvalue weighted by Gasteiger charge is -2.31. The fourth-order valence-electron chi connectivity index (χ4n) is 1.95. The maximum absolute atomic E-state index is 9.70. The molecule has 1 unspecified atom stereocenters. The lowest BCUT2D eigenvalue weighted by atomic mass is 10.1. The molecule has 18 heavy (non-hydrogen) atoms. The minimum Gasteiger partial charge on any atom is -0.360 e. The van der Waals surface area contributed by atoms with Crippen LogP contribution in [0.5, 0.6) is 0 Å². The normalized spacial score (nSPS) is 26.4. The molecule has 0 radical (unpaired) electrons. The first-order chi connectivity index (χ1) is 8.34. The number of ether oxygens (including phenoxy) is 1. The third-order valence-electron chi connectivity index (χ3n) is 2.93. The van der Waals surface area contributed by atoms with Crippen LogP contribution in [-0.4, -0.2) is 61.7 Å². The second-order valence-electron chi connectivity index (χ2n) is 4.48. The number of hydrogen-bond acceptors (Lipinski definition) is 7. The van der Waals surface area contributed by atoms with Crippen molar-refractivity contribution < 1.29 is 25.2 Å². The van der Waals surface area contributed by atoms with Gasteiger partial charge < -0.3 is 25.2 Å². The molecule has 1 aromatic heterocycles. The van der Waals surface area contributed by atoms with Gasteiger partial charge in [-0.3, -0.25) is 9.88 Å². The molecule has 1 atom stereocenters. The predicted octanol–water partition coefficient (Wildman–Crippen LogP) is -1.77. The summed E-state index contributed by atoms with van der Waals surface area (Å²) in [6.07, 6.45) is 1.96. The molecule has 1 aromatic rings. The summed E-state index contributed by atoms with van der Waals surface area (Å²) < 4.78 is 5.32. The van der Waals surface area contributed by atoms with Crippen LogP contribution in [0.3, 0.4) is 0 Å². The first-order valence-electron chi connectivity index (χ1n) is 5.45. The van der Waals surface area contributed by atoms with Crippen molar-refractivity contribution in [1.29, 1.82) is 0 Å². The minimum absolute atomic E-state index is 0.0851. The van der Waals surface area contributed by atoms with Crippen molar-refractivity contribution in [2.75, 3.05) is 13.6 Å². The number of pyridine rings is 1. The summed E-state index contributed by atoms with van der Waals surface area (Å²) >= 11 is 0. The van der Waals surface area contributed by atoms with Gasteiger partial charge in [-0.15, -0.1) is 0 Å². The van der Waals surface area contributed by atoms with Gasteiger partial charge in [0.25, 0.3) is 5.79 Å². The Morgan fingerprint density at radius 2 is 2.17 bits per heavy atom. The number of rotatable bonds is 3. The SMILES string of the molecule is CN1CC(O)(O)C(O)(O)C1OCc1cccnc1. The van der Waals surface area contributed by atoms with E-state index in [0.29, 0.717) is 0 Å². The Morgan fingerprint density at radius 3 is 2.67 bits per heavy atom. The molecule has 0 aromatic carbocycles. The van der Waals surface area contributed by atoms with Crippen LogP contribution < -0.4 is 0 Å². The van der Waals surface area contributed by atoms with Crippen LogP contribution >= 0.6 is 0 Å². The van der Waals surface area contributed by atoms with E-state index < -0.39 is 17.8 Å². The Kier molecular flexibility index (Phi) is 3.37. The van der Waals surface area contributed by atoms with E-state index in [0.717, 1.165) is 5.56 Å². The average Bonchev–Trinajstić information content (AvgIpc) is 2.43. The zero-order valence-electron chi connectivity index (χ0n) is 9.89. The standard InChI is InChI=1S/C11H16N2O5/c1-13-7-10(14,15)11(16,17)9(13)18-6-8-3-2-4-12-5-8/h2-5,9,14-17H,6-7H2,1H3. The largest absolute Gasteiger partial charge is 0.360 e. The fraction of sp³-hybridized carbons (Fsp3) is 0.545. The predicted molar refractivity (Wildman–Crippen MR) is 59.8 cm³/mol. The number of aromatic nitrogens is 1. The van der Waals surface area contributed by atoms with Gasteiger partial charge in [-0.2, -0.15) is 0 Å². The van der Waals surface area contributed by atoms with Gasteiger partial charge in [0.2, 0.25) is 5.79 Å². The van der Waals surface area contributed by atoms with Gasteiger partial charge in [0.05, 0.1) is 13.2 Å². The van der Waals surface area contributed by atoms with E-state index in [1.807, 2.05) is 0 Å². The highest BCUT2D eigenvalue weighted by atomic mass is 16.6. The van der Waals surface area contributed by atoms with Crippen LogP contribution in [0.2, 0.25) is 0 Å². The van der Waals surface area contributed by atoms with Crippen molar-refractivity contribution in [2.24, 2.45) is 0 Å². The summed E-state index contributed by atoms with van der Waals surface area (Å²) in [5.41, 5.74) is 0.745. The second kappa shape index (κ2) is 4.54. The van der Waals surface area contributed by atoms with Crippen molar-refractivity contribution in [1.82, 2.24) is 9.88 Å².